The minimum Gasteiger partial charge on any atom is -0.451 e. The molecule has 0 spiro atoms. The summed E-state index contributed by atoms with van der Waals surface area (Å²) < 4.78 is 18.9. The van der Waals surface area contributed by atoms with Crippen LogP contribution >= 0.6 is 11.6 Å². The fraction of sp³-hybridized carbons (Fsp3) is 0.250. The number of halogens is 2. The van der Waals surface area contributed by atoms with Gasteiger partial charge in [-0.2, -0.15) is 0 Å². The Morgan fingerprint density at radius 1 is 1.23 bits per heavy atom. The second kappa shape index (κ2) is 7.48. The molecule has 1 aromatic heterocycles. The van der Waals surface area contributed by atoms with Gasteiger partial charge in [0.2, 0.25) is 0 Å². The van der Waals surface area contributed by atoms with Crippen LogP contribution in [-0.4, -0.2) is 31.4 Å². The molecule has 2 aromatic carbocycles. The average molecular weight is 375 g/mol. The Bertz CT molecular complexity index is 935. The first-order chi connectivity index (χ1) is 12.4. The van der Waals surface area contributed by atoms with E-state index < -0.39 is 0 Å². The van der Waals surface area contributed by atoms with Crippen molar-refractivity contribution in [2.75, 3.05) is 20.6 Å². The molecule has 0 saturated carbocycles. The summed E-state index contributed by atoms with van der Waals surface area (Å²) in [6.45, 7) is 2.20. The van der Waals surface area contributed by atoms with Crippen LogP contribution in [0.3, 0.4) is 0 Å². The van der Waals surface area contributed by atoms with Crippen LogP contribution in [0.15, 0.2) is 46.9 Å². The summed E-state index contributed by atoms with van der Waals surface area (Å²) in [5, 5.41) is 4.33. The second-order valence-corrected chi connectivity index (χ2v) is 6.87. The van der Waals surface area contributed by atoms with E-state index in [2.05, 4.69) is 5.32 Å². The van der Waals surface area contributed by atoms with E-state index in [0.717, 1.165) is 16.5 Å². The quantitative estimate of drug-likeness (QED) is 0.711. The van der Waals surface area contributed by atoms with Crippen molar-refractivity contribution >= 4 is 28.5 Å². The van der Waals surface area contributed by atoms with Crippen molar-refractivity contribution in [1.82, 2.24) is 10.2 Å². The van der Waals surface area contributed by atoms with Crippen molar-refractivity contribution in [3.05, 3.63) is 70.2 Å². The zero-order chi connectivity index (χ0) is 18.8. The van der Waals surface area contributed by atoms with Gasteiger partial charge in [-0.3, -0.25) is 4.79 Å². The molecule has 0 aliphatic heterocycles. The number of carbonyl (C=O) groups excluding carboxylic acids is 1. The molecule has 26 heavy (non-hydrogen) atoms. The number of nitrogens with zero attached hydrogens (tertiary/aromatic N) is 1. The van der Waals surface area contributed by atoms with Gasteiger partial charge in [0.05, 0.1) is 6.04 Å². The van der Waals surface area contributed by atoms with E-state index in [1.54, 1.807) is 30.3 Å². The highest BCUT2D eigenvalue weighted by atomic mass is 35.5. The topological polar surface area (TPSA) is 45.5 Å². The minimum absolute atomic E-state index is 0.0846. The molecular weight excluding hydrogens is 355 g/mol. The fourth-order valence-electron chi connectivity index (χ4n) is 2.96. The number of nitrogens with one attached hydrogen (secondary N) is 1. The summed E-state index contributed by atoms with van der Waals surface area (Å²) in [6, 6.07) is 11.5. The fourth-order valence-corrected chi connectivity index (χ4v) is 3.13. The first kappa shape index (κ1) is 18.4. The number of rotatable bonds is 5. The number of aryl methyl sites for hydroxylation is 1. The third kappa shape index (κ3) is 3.74. The molecule has 3 rings (SSSR count). The molecule has 0 radical (unpaired) electrons. The Labute approximate surface area is 156 Å². The zero-order valence-corrected chi connectivity index (χ0v) is 15.6. The molecule has 1 heterocycles. The lowest BCUT2D eigenvalue weighted by molar-refractivity contribution is 0.0915. The van der Waals surface area contributed by atoms with Gasteiger partial charge in [0, 0.05) is 22.5 Å². The molecular formula is C20H20ClFN2O2. The summed E-state index contributed by atoms with van der Waals surface area (Å²) >= 11 is 6.02. The summed E-state index contributed by atoms with van der Waals surface area (Å²) in [5.74, 6) is -0.297. The Morgan fingerprint density at radius 3 is 2.58 bits per heavy atom. The van der Waals surface area contributed by atoms with E-state index in [4.69, 9.17) is 16.0 Å². The van der Waals surface area contributed by atoms with Gasteiger partial charge in [-0.05, 0) is 56.9 Å². The molecule has 0 aliphatic rings. The molecule has 0 saturated heterocycles. The maximum Gasteiger partial charge on any atom is 0.287 e. The van der Waals surface area contributed by atoms with E-state index in [1.165, 1.54) is 12.1 Å². The number of hydrogen-bond acceptors (Lipinski definition) is 3. The summed E-state index contributed by atoms with van der Waals surface area (Å²) in [7, 11) is 3.82. The SMILES string of the molecule is Cc1c(C(=O)NCC(c2ccc(F)cc2)N(C)C)oc2ccc(Cl)cc12. The predicted octanol–water partition coefficient (Wildman–Crippen LogP) is 4.57. The second-order valence-electron chi connectivity index (χ2n) is 6.44. The van der Waals surface area contributed by atoms with E-state index >= 15 is 0 Å². The Hall–Kier alpha value is -2.37. The van der Waals surface area contributed by atoms with Crippen molar-refractivity contribution in [2.45, 2.75) is 13.0 Å². The third-order valence-corrected chi connectivity index (χ3v) is 4.67. The van der Waals surface area contributed by atoms with Gasteiger partial charge in [-0.1, -0.05) is 23.7 Å². The molecule has 1 unspecified atom stereocenters. The van der Waals surface area contributed by atoms with Crippen LogP contribution in [0.5, 0.6) is 0 Å². The van der Waals surface area contributed by atoms with Crippen LogP contribution < -0.4 is 5.32 Å². The molecule has 0 fully saturated rings. The van der Waals surface area contributed by atoms with E-state index in [-0.39, 0.29) is 23.5 Å². The normalized spacial score (nSPS) is 12.5. The highest BCUT2D eigenvalue weighted by Gasteiger charge is 2.20. The molecule has 3 aromatic rings. The molecule has 4 nitrogen and oxygen atoms in total. The molecule has 6 heteroatoms. The van der Waals surface area contributed by atoms with E-state index in [9.17, 15) is 9.18 Å². The number of benzene rings is 2. The first-order valence-corrected chi connectivity index (χ1v) is 8.63. The number of furan rings is 1. The van der Waals surface area contributed by atoms with Crippen LogP contribution in [0.2, 0.25) is 5.02 Å². The van der Waals surface area contributed by atoms with Gasteiger partial charge in [0.25, 0.3) is 5.91 Å². The number of hydrogen-bond donors (Lipinski definition) is 1. The number of carbonyl (C=O) groups is 1. The highest BCUT2D eigenvalue weighted by molar-refractivity contribution is 6.31. The maximum atomic E-state index is 13.2. The summed E-state index contributed by atoms with van der Waals surface area (Å²) in [6.07, 6.45) is 0. The molecule has 1 N–H and O–H groups in total. The number of fused-ring (bicyclic) bond motifs is 1. The average Bonchev–Trinajstić information content (AvgIpc) is 2.93. The summed E-state index contributed by atoms with van der Waals surface area (Å²) in [5.41, 5.74) is 2.30. The minimum atomic E-state index is -0.288. The Balaban J connectivity index is 1.78. The smallest absolute Gasteiger partial charge is 0.287 e. The Kier molecular flexibility index (Phi) is 5.30. The predicted molar refractivity (Wildman–Crippen MR) is 101 cm³/mol. The lowest BCUT2D eigenvalue weighted by Gasteiger charge is -2.25. The monoisotopic (exact) mass is 374 g/mol. The van der Waals surface area contributed by atoms with Crippen LogP contribution in [-0.2, 0) is 0 Å². The maximum absolute atomic E-state index is 13.2. The highest BCUT2D eigenvalue weighted by Crippen LogP contribution is 2.28. The van der Waals surface area contributed by atoms with Crippen molar-refractivity contribution in [3.63, 3.8) is 0 Å². The van der Waals surface area contributed by atoms with E-state index in [0.29, 0.717) is 17.2 Å². The van der Waals surface area contributed by atoms with E-state index in [1.807, 2.05) is 25.9 Å². The molecule has 1 atom stereocenters. The Morgan fingerprint density at radius 2 is 1.92 bits per heavy atom. The first-order valence-electron chi connectivity index (χ1n) is 8.25. The van der Waals surface area contributed by atoms with Crippen LogP contribution in [0.4, 0.5) is 4.39 Å². The lowest BCUT2D eigenvalue weighted by Crippen LogP contribution is -2.34. The number of amides is 1. The van der Waals surface area contributed by atoms with Crippen molar-refractivity contribution in [3.8, 4) is 0 Å². The lowest BCUT2D eigenvalue weighted by atomic mass is 10.1. The third-order valence-electron chi connectivity index (χ3n) is 4.44. The van der Waals surface area contributed by atoms with Gasteiger partial charge in [0.15, 0.2) is 5.76 Å². The number of likely N-dealkylation sites (N-methyl/N-ethyl adjacent to an activating group) is 1. The van der Waals surface area contributed by atoms with Crippen LogP contribution in [0.1, 0.15) is 27.7 Å². The van der Waals surface area contributed by atoms with Gasteiger partial charge in [0.1, 0.15) is 11.4 Å². The molecule has 0 aliphatic carbocycles. The van der Waals surface area contributed by atoms with Gasteiger partial charge < -0.3 is 14.6 Å². The van der Waals surface area contributed by atoms with Gasteiger partial charge in [-0.25, -0.2) is 4.39 Å². The van der Waals surface area contributed by atoms with Crippen molar-refractivity contribution < 1.29 is 13.6 Å². The zero-order valence-electron chi connectivity index (χ0n) is 14.8. The standard InChI is InChI=1S/C20H20ClFN2O2/c1-12-16-10-14(21)6-9-18(16)26-19(12)20(25)23-11-17(24(2)3)13-4-7-15(22)8-5-13/h4-10,17H,11H2,1-3H3,(H,23,25). The van der Waals surface area contributed by atoms with Crippen LogP contribution in [0, 0.1) is 12.7 Å². The largest absolute Gasteiger partial charge is 0.451 e. The molecule has 136 valence electrons. The molecule has 1 amide bonds. The molecule has 0 bridgehead atoms. The van der Waals surface area contributed by atoms with Crippen molar-refractivity contribution in [1.29, 1.82) is 0 Å². The van der Waals surface area contributed by atoms with Crippen molar-refractivity contribution in [2.24, 2.45) is 0 Å². The van der Waals surface area contributed by atoms with Gasteiger partial charge in [-0.15, -0.1) is 0 Å². The van der Waals surface area contributed by atoms with Gasteiger partial charge >= 0.3 is 0 Å². The van der Waals surface area contributed by atoms with Crippen LogP contribution in [0.25, 0.3) is 11.0 Å². The summed E-state index contributed by atoms with van der Waals surface area (Å²) in [4.78, 5) is 14.6.